The number of aromatic hydroxyl groups is 1. The first-order valence-corrected chi connectivity index (χ1v) is 8.65. The summed E-state index contributed by atoms with van der Waals surface area (Å²) in [7, 11) is 0.503. The molecule has 2 nitrogen and oxygen atoms in total. The molecule has 0 aliphatic carbocycles. The van der Waals surface area contributed by atoms with Gasteiger partial charge in [-0.05, 0) is 44.4 Å². The van der Waals surface area contributed by atoms with Crippen LogP contribution in [0.5, 0.6) is 5.75 Å². The van der Waals surface area contributed by atoms with Gasteiger partial charge in [0.15, 0.2) is 0 Å². The zero-order chi connectivity index (χ0) is 14.7. The Morgan fingerprint density at radius 3 is 2.52 bits per heavy atom. The lowest BCUT2D eigenvalue weighted by molar-refractivity contribution is 0.479. The molecule has 1 heterocycles. The normalized spacial score (nSPS) is 15.8. The van der Waals surface area contributed by atoms with Crippen molar-refractivity contribution in [2.75, 3.05) is 18.0 Å². The summed E-state index contributed by atoms with van der Waals surface area (Å²) in [6.45, 7) is 4.38. The predicted octanol–water partition coefficient (Wildman–Crippen LogP) is 3.32. The van der Waals surface area contributed by atoms with Gasteiger partial charge in [0.1, 0.15) is 5.75 Å². The summed E-state index contributed by atoms with van der Waals surface area (Å²) in [6, 6.07) is 14.5. The quantitative estimate of drug-likeness (QED) is 0.879. The van der Waals surface area contributed by atoms with Gasteiger partial charge in [0.25, 0.3) is 0 Å². The smallest absolute Gasteiger partial charge is 0.123 e. The number of piperidine rings is 1. The van der Waals surface area contributed by atoms with E-state index in [-0.39, 0.29) is 0 Å². The fourth-order valence-corrected chi connectivity index (χ4v) is 4.24. The van der Waals surface area contributed by atoms with Gasteiger partial charge < -0.3 is 10.0 Å². The second-order valence-electron chi connectivity index (χ2n) is 5.71. The van der Waals surface area contributed by atoms with Crippen LogP contribution in [-0.4, -0.2) is 18.2 Å². The molecule has 1 saturated heterocycles. The second-order valence-corrected chi connectivity index (χ2v) is 7.04. The van der Waals surface area contributed by atoms with Gasteiger partial charge in [0, 0.05) is 29.4 Å². The molecule has 0 radical (unpaired) electrons. The van der Waals surface area contributed by atoms with E-state index in [2.05, 4.69) is 42.2 Å². The van der Waals surface area contributed by atoms with Crippen molar-refractivity contribution < 1.29 is 5.11 Å². The predicted molar refractivity (Wildman–Crippen MR) is 92.9 cm³/mol. The van der Waals surface area contributed by atoms with E-state index in [0.717, 1.165) is 18.4 Å². The molecule has 0 amide bonds. The standard InChI is InChI=1S/C18H22NOP/c1-14-9-10-16(20)18(13-14)21-17-8-4-3-7-15(17)19-11-5-2-6-12-19/h3-4,7-10,13,20-21H,2,5-6,11-12H2,1H3. The van der Waals surface area contributed by atoms with Crippen LogP contribution in [0.15, 0.2) is 42.5 Å². The Labute approximate surface area is 128 Å². The number of anilines is 1. The van der Waals surface area contributed by atoms with E-state index in [1.54, 1.807) is 6.07 Å². The van der Waals surface area contributed by atoms with E-state index in [0.29, 0.717) is 14.3 Å². The summed E-state index contributed by atoms with van der Waals surface area (Å²) in [5.41, 5.74) is 2.54. The largest absolute Gasteiger partial charge is 0.507 e. The molecule has 3 rings (SSSR count). The molecule has 0 saturated carbocycles. The highest BCUT2D eigenvalue weighted by Gasteiger charge is 2.15. The van der Waals surface area contributed by atoms with Crippen molar-refractivity contribution >= 4 is 24.9 Å². The highest BCUT2D eigenvalue weighted by atomic mass is 31.1. The van der Waals surface area contributed by atoms with Crippen molar-refractivity contribution in [2.24, 2.45) is 0 Å². The Morgan fingerprint density at radius 1 is 0.952 bits per heavy atom. The number of benzene rings is 2. The molecule has 1 aliphatic rings. The summed E-state index contributed by atoms with van der Waals surface area (Å²) in [4.78, 5) is 2.50. The maximum atomic E-state index is 10.1. The molecule has 0 aromatic heterocycles. The summed E-state index contributed by atoms with van der Waals surface area (Å²) in [5.74, 6) is 0.410. The lowest BCUT2D eigenvalue weighted by Gasteiger charge is -2.30. The highest BCUT2D eigenvalue weighted by Crippen LogP contribution is 2.26. The van der Waals surface area contributed by atoms with Crippen LogP contribution >= 0.6 is 8.58 Å². The van der Waals surface area contributed by atoms with Crippen LogP contribution in [0.1, 0.15) is 24.8 Å². The number of phenolic OH excluding ortho intramolecular Hbond substituents is 1. The van der Waals surface area contributed by atoms with Gasteiger partial charge in [-0.1, -0.05) is 38.4 Å². The minimum absolute atomic E-state index is 0.410. The molecule has 0 bridgehead atoms. The molecule has 2 aromatic rings. The number of hydrogen-bond donors (Lipinski definition) is 1. The molecule has 2 aromatic carbocycles. The third kappa shape index (κ3) is 3.39. The Bertz CT molecular complexity index is 620. The van der Waals surface area contributed by atoms with Crippen LogP contribution in [0.4, 0.5) is 5.69 Å². The zero-order valence-corrected chi connectivity index (χ0v) is 13.5. The Kier molecular flexibility index (Phi) is 4.45. The molecule has 110 valence electrons. The Hall–Kier alpha value is -1.53. The van der Waals surface area contributed by atoms with Crippen molar-refractivity contribution in [1.82, 2.24) is 0 Å². The molecular formula is C18H22NOP. The maximum Gasteiger partial charge on any atom is 0.123 e. The number of para-hydroxylation sites is 1. The summed E-state index contributed by atoms with van der Waals surface area (Å²) in [6.07, 6.45) is 3.92. The number of rotatable bonds is 3. The lowest BCUT2D eigenvalue weighted by Crippen LogP contribution is -2.32. The third-order valence-electron chi connectivity index (χ3n) is 4.02. The van der Waals surface area contributed by atoms with Gasteiger partial charge in [-0.2, -0.15) is 0 Å². The molecule has 1 aliphatic heterocycles. The second kappa shape index (κ2) is 6.49. The molecular weight excluding hydrogens is 277 g/mol. The molecule has 0 spiro atoms. The van der Waals surface area contributed by atoms with Gasteiger partial charge in [0.2, 0.25) is 0 Å². The molecule has 1 unspecified atom stereocenters. The summed E-state index contributed by atoms with van der Waals surface area (Å²) in [5, 5.41) is 12.5. The van der Waals surface area contributed by atoms with E-state index in [4.69, 9.17) is 0 Å². The van der Waals surface area contributed by atoms with Gasteiger partial charge in [0.05, 0.1) is 0 Å². The fourth-order valence-electron chi connectivity index (χ4n) is 2.88. The van der Waals surface area contributed by atoms with Crippen molar-refractivity contribution in [1.29, 1.82) is 0 Å². The summed E-state index contributed by atoms with van der Waals surface area (Å²) < 4.78 is 0. The first-order valence-electron chi connectivity index (χ1n) is 7.65. The van der Waals surface area contributed by atoms with E-state index < -0.39 is 0 Å². The third-order valence-corrected chi connectivity index (χ3v) is 5.38. The van der Waals surface area contributed by atoms with Crippen LogP contribution in [0, 0.1) is 6.92 Å². The number of hydrogen-bond acceptors (Lipinski definition) is 2. The Balaban J connectivity index is 1.89. The molecule has 1 fully saturated rings. The Morgan fingerprint density at radius 2 is 1.71 bits per heavy atom. The van der Waals surface area contributed by atoms with Gasteiger partial charge in [-0.25, -0.2) is 0 Å². The molecule has 21 heavy (non-hydrogen) atoms. The van der Waals surface area contributed by atoms with E-state index >= 15 is 0 Å². The van der Waals surface area contributed by atoms with Crippen molar-refractivity contribution in [3.05, 3.63) is 48.0 Å². The average molecular weight is 299 g/mol. The minimum Gasteiger partial charge on any atom is -0.507 e. The molecule has 1 N–H and O–H groups in total. The lowest BCUT2D eigenvalue weighted by atomic mass is 10.1. The number of nitrogens with zero attached hydrogens (tertiary/aromatic N) is 1. The highest BCUT2D eigenvalue weighted by molar-refractivity contribution is 7.56. The minimum atomic E-state index is 0.410. The van der Waals surface area contributed by atoms with Crippen LogP contribution in [0.25, 0.3) is 0 Å². The molecule has 1 atom stereocenters. The van der Waals surface area contributed by atoms with E-state index in [1.807, 2.05) is 6.07 Å². The van der Waals surface area contributed by atoms with Crippen molar-refractivity contribution in [3.63, 3.8) is 0 Å². The van der Waals surface area contributed by atoms with Crippen LogP contribution in [-0.2, 0) is 0 Å². The van der Waals surface area contributed by atoms with Gasteiger partial charge in [-0.15, -0.1) is 0 Å². The maximum absolute atomic E-state index is 10.1. The fraction of sp³-hybridized carbons (Fsp3) is 0.333. The zero-order valence-electron chi connectivity index (χ0n) is 12.5. The first-order chi connectivity index (χ1) is 10.2. The monoisotopic (exact) mass is 299 g/mol. The van der Waals surface area contributed by atoms with E-state index in [9.17, 15) is 5.11 Å². The van der Waals surface area contributed by atoms with Gasteiger partial charge in [-0.3, -0.25) is 0 Å². The molecule has 3 heteroatoms. The van der Waals surface area contributed by atoms with E-state index in [1.165, 1.54) is 35.8 Å². The topological polar surface area (TPSA) is 23.5 Å². The van der Waals surface area contributed by atoms with Crippen LogP contribution in [0.2, 0.25) is 0 Å². The number of aryl methyl sites for hydroxylation is 1. The number of phenols is 1. The van der Waals surface area contributed by atoms with Crippen LogP contribution in [0.3, 0.4) is 0 Å². The van der Waals surface area contributed by atoms with Crippen molar-refractivity contribution in [2.45, 2.75) is 26.2 Å². The average Bonchev–Trinajstić information content (AvgIpc) is 2.52. The van der Waals surface area contributed by atoms with Crippen LogP contribution < -0.4 is 15.5 Å². The van der Waals surface area contributed by atoms with Gasteiger partial charge >= 0.3 is 0 Å². The first kappa shape index (κ1) is 14.4. The summed E-state index contributed by atoms with van der Waals surface area (Å²) >= 11 is 0. The SMILES string of the molecule is Cc1ccc(O)c(Pc2ccccc2N2CCCCC2)c1. The van der Waals surface area contributed by atoms with Crippen molar-refractivity contribution in [3.8, 4) is 5.75 Å².